The molecule has 0 aliphatic rings. The van der Waals surface area contributed by atoms with E-state index in [1.807, 2.05) is 37.4 Å². The van der Waals surface area contributed by atoms with Gasteiger partial charge in [-0.2, -0.15) is 5.10 Å². The average Bonchev–Trinajstić information content (AvgIpc) is 2.83. The van der Waals surface area contributed by atoms with E-state index >= 15 is 0 Å². The quantitative estimate of drug-likeness (QED) is 0.744. The molecule has 0 aliphatic carbocycles. The first kappa shape index (κ1) is 10.9. The Labute approximate surface area is 105 Å². The van der Waals surface area contributed by atoms with Crippen LogP contribution in [0.25, 0.3) is 10.8 Å². The lowest BCUT2D eigenvalue weighted by Gasteiger charge is -2.13. The van der Waals surface area contributed by atoms with Crippen molar-refractivity contribution < 1.29 is 5.11 Å². The van der Waals surface area contributed by atoms with Crippen molar-refractivity contribution >= 4 is 10.8 Å². The summed E-state index contributed by atoms with van der Waals surface area (Å²) in [6, 6.07) is 9.71. The number of benzene rings is 1. The van der Waals surface area contributed by atoms with Gasteiger partial charge in [0.2, 0.25) is 0 Å². The third-order valence-electron chi connectivity index (χ3n) is 3.13. The van der Waals surface area contributed by atoms with E-state index in [1.165, 1.54) is 0 Å². The standard InChI is InChI=1S/C14H13N3O/c1-17-13(6-7-16-17)14(18)12-9-15-8-10-4-2-3-5-11(10)12/h2-9,14,18H,1H3. The Hall–Kier alpha value is -2.20. The van der Waals surface area contributed by atoms with Crippen molar-refractivity contribution in [3.8, 4) is 0 Å². The van der Waals surface area contributed by atoms with Crippen LogP contribution in [0.4, 0.5) is 0 Å². The Morgan fingerprint density at radius 3 is 2.78 bits per heavy atom. The van der Waals surface area contributed by atoms with Crippen LogP contribution in [0.5, 0.6) is 0 Å². The SMILES string of the molecule is Cn1nccc1C(O)c1cncc2ccccc12. The van der Waals surface area contributed by atoms with Crippen LogP contribution < -0.4 is 0 Å². The Bertz CT molecular complexity index is 685. The first-order chi connectivity index (χ1) is 8.77. The van der Waals surface area contributed by atoms with Gasteiger partial charge < -0.3 is 5.11 Å². The molecule has 0 saturated carbocycles. The number of nitrogens with zero attached hydrogens (tertiary/aromatic N) is 3. The smallest absolute Gasteiger partial charge is 0.123 e. The summed E-state index contributed by atoms with van der Waals surface area (Å²) in [5.74, 6) is 0. The van der Waals surface area contributed by atoms with Crippen LogP contribution in [0.3, 0.4) is 0 Å². The Morgan fingerprint density at radius 1 is 1.17 bits per heavy atom. The fraction of sp³-hybridized carbons (Fsp3) is 0.143. The van der Waals surface area contributed by atoms with Gasteiger partial charge in [0.1, 0.15) is 6.10 Å². The number of hydrogen-bond donors (Lipinski definition) is 1. The molecule has 0 bridgehead atoms. The molecular formula is C14H13N3O. The van der Waals surface area contributed by atoms with Crippen LogP contribution >= 0.6 is 0 Å². The molecule has 3 aromatic rings. The van der Waals surface area contributed by atoms with Gasteiger partial charge in [0, 0.05) is 36.6 Å². The molecule has 0 amide bonds. The highest BCUT2D eigenvalue weighted by atomic mass is 16.3. The summed E-state index contributed by atoms with van der Waals surface area (Å²) in [6.45, 7) is 0. The maximum Gasteiger partial charge on any atom is 0.123 e. The molecule has 2 aromatic heterocycles. The molecule has 0 spiro atoms. The van der Waals surface area contributed by atoms with Crippen molar-refractivity contribution in [2.45, 2.75) is 6.10 Å². The van der Waals surface area contributed by atoms with Crippen LogP contribution in [0.2, 0.25) is 0 Å². The second kappa shape index (κ2) is 4.23. The molecule has 0 saturated heterocycles. The number of pyridine rings is 1. The second-order valence-electron chi connectivity index (χ2n) is 4.23. The van der Waals surface area contributed by atoms with Gasteiger partial charge in [-0.25, -0.2) is 0 Å². The zero-order valence-electron chi connectivity index (χ0n) is 9.99. The van der Waals surface area contributed by atoms with Crippen LogP contribution in [0, 0.1) is 0 Å². The first-order valence-corrected chi connectivity index (χ1v) is 5.76. The van der Waals surface area contributed by atoms with Crippen molar-refractivity contribution in [1.82, 2.24) is 14.8 Å². The normalized spacial score (nSPS) is 12.8. The summed E-state index contributed by atoms with van der Waals surface area (Å²) in [4.78, 5) is 4.18. The third kappa shape index (κ3) is 1.67. The molecule has 18 heavy (non-hydrogen) atoms. The molecule has 0 fully saturated rings. The van der Waals surface area contributed by atoms with E-state index in [-0.39, 0.29) is 0 Å². The maximum atomic E-state index is 10.5. The molecule has 2 heterocycles. The minimum atomic E-state index is -0.712. The topological polar surface area (TPSA) is 50.9 Å². The lowest BCUT2D eigenvalue weighted by molar-refractivity contribution is 0.211. The summed E-state index contributed by atoms with van der Waals surface area (Å²) in [5, 5.41) is 16.6. The lowest BCUT2D eigenvalue weighted by atomic mass is 10.0. The van der Waals surface area contributed by atoms with Crippen molar-refractivity contribution in [2.75, 3.05) is 0 Å². The van der Waals surface area contributed by atoms with E-state index in [2.05, 4.69) is 10.1 Å². The monoisotopic (exact) mass is 239 g/mol. The van der Waals surface area contributed by atoms with Gasteiger partial charge in [-0.05, 0) is 11.5 Å². The van der Waals surface area contributed by atoms with Crippen molar-refractivity contribution in [3.63, 3.8) is 0 Å². The molecular weight excluding hydrogens is 226 g/mol. The molecule has 0 radical (unpaired) electrons. The first-order valence-electron chi connectivity index (χ1n) is 5.76. The summed E-state index contributed by atoms with van der Waals surface area (Å²) in [5.41, 5.74) is 1.56. The maximum absolute atomic E-state index is 10.5. The molecule has 90 valence electrons. The molecule has 3 rings (SSSR count). The highest BCUT2D eigenvalue weighted by Crippen LogP contribution is 2.27. The molecule has 1 atom stereocenters. The number of aryl methyl sites for hydroxylation is 1. The van der Waals surface area contributed by atoms with Crippen LogP contribution in [0.15, 0.2) is 48.9 Å². The van der Waals surface area contributed by atoms with Gasteiger partial charge >= 0.3 is 0 Å². The highest BCUT2D eigenvalue weighted by Gasteiger charge is 2.16. The molecule has 0 aliphatic heterocycles. The van der Waals surface area contributed by atoms with Crippen molar-refractivity contribution in [1.29, 1.82) is 0 Å². The van der Waals surface area contributed by atoms with Gasteiger partial charge in [-0.3, -0.25) is 9.67 Å². The van der Waals surface area contributed by atoms with Gasteiger partial charge in [-0.15, -0.1) is 0 Å². The van der Waals surface area contributed by atoms with Gasteiger partial charge in [0.15, 0.2) is 0 Å². The fourth-order valence-corrected chi connectivity index (χ4v) is 2.17. The second-order valence-corrected chi connectivity index (χ2v) is 4.23. The highest BCUT2D eigenvalue weighted by molar-refractivity contribution is 5.85. The Kier molecular flexibility index (Phi) is 2.57. The molecule has 4 nitrogen and oxygen atoms in total. The van der Waals surface area contributed by atoms with Crippen molar-refractivity contribution in [3.05, 3.63) is 60.2 Å². The molecule has 1 aromatic carbocycles. The number of aliphatic hydroxyl groups excluding tert-OH is 1. The van der Waals surface area contributed by atoms with Crippen LogP contribution in [0.1, 0.15) is 17.4 Å². The Morgan fingerprint density at radius 2 is 2.00 bits per heavy atom. The number of hydrogen-bond acceptors (Lipinski definition) is 3. The van der Waals surface area contributed by atoms with Crippen LogP contribution in [-0.4, -0.2) is 19.9 Å². The zero-order chi connectivity index (χ0) is 12.5. The van der Waals surface area contributed by atoms with E-state index in [0.717, 1.165) is 22.0 Å². The van der Waals surface area contributed by atoms with Gasteiger partial charge in [0.25, 0.3) is 0 Å². The molecule has 1 N–H and O–H groups in total. The minimum absolute atomic E-state index is 0.712. The number of fused-ring (bicyclic) bond motifs is 1. The van der Waals surface area contributed by atoms with E-state index in [0.29, 0.717) is 0 Å². The summed E-state index contributed by atoms with van der Waals surface area (Å²) in [7, 11) is 1.82. The zero-order valence-corrected chi connectivity index (χ0v) is 9.99. The largest absolute Gasteiger partial charge is 0.382 e. The van der Waals surface area contributed by atoms with Gasteiger partial charge in [0.05, 0.1) is 5.69 Å². The van der Waals surface area contributed by atoms with E-state index in [1.54, 1.807) is 23.3 Å². The summed E-state index contributed by atoms with van der Waals surface area (Å²) < 4.78 is 1.67. The van der Waals surface area contributed by atoms with Crippen LogP contribution in [-0.2, 0) is 7.05 Å². The lowest BCUT2D eigenvalue weighted by Crippen LogP contribution is -2.07. The molecule has 4 heteroatoms. The van der Waals surface area contributed by atoms with E-state index in [9.17, 15) is 5.11 Å². The Balaban J connectivity index is 2.18. The third-order valence-corrected chi connectivity index (χ3v) is 3.13. The van der Waals surface area contributed by atoms with Crippen molar-refractivity contribution in [2.24, 2.45) is 7.05 Å². The predicted molar refractivity (Wildman–Crippen MR) is 69.0 cm³/mol. The average molecular weight is 239 g/mol. The number of rotatable bonds is 2. The van der Waals surface area contributed by atoms with E-state index < -0.39 is 6.10 Å². The number of aromatic nitrogens is 3. The summed E-state index contributed by atoms with van der Waals surface area (Å²) in [6.07, 6.45) is 4.47. The number of aliphatic hydroxyl groups is 1. The van der Waals surface area contributed by atoms with Gasteiger partial charge in [-0.1, -0.05) is 24.3 Å². The predicted octanol–water partition coefficient (Wildman–Crippen LogP) is 2.05. The minimum Gasteiger partial charge on any atom is -0.382 e. The fourth-order valence-electron chi connectivity index (χ4n) is 2.17. The van der Waals surface area contributed by atoms with E-state index in [4.69, 9.17) is 0 Å². The summed E-state index contributed by atoms with van der Waals surface area (Å²) >= 11 is 0. The molecule has 1 unspecified atom stereocenters.